The smallest absolute Gasteiger partial charge is 0.137 e. The highest BCUT2D eigenvalue weighted by molar-refractivity contribution is 5.36. The average Bonchev–Trinajstić information content (AvgIpc) is 2.99. The van der Waals surface area contributed by atoms with Crippen LogP contribution in [0.1, 0.15) is 48.2 Å². The van der Waals surface area contributed by atoms with E-state index in [0.29, 0.717) is 12.0 Å². The summed E-state index contributed by atoms with van der Waals surface area (Å²) in [6.45, 7) is 4.17. The summed E-state index contributed by atoms with van der Waals surface area (Å²) < 4.78 is 6.17. The van der Waals surface area contributed by atoms with Crippen LogP contribution in [0.4, 0.5) is 0 Å². The Morgan fingerprint density at radius 2 is 1.71 bits per heavy atom. The first kappa shape index (κ1) is 13.1. The first-order valence-corrected chi connectivity index (χ1v) is 7.89. The zero-order valence-electron chi connectivity index (χ0n) is 12.4. The molecule has 2 aromatic carbocycles. The summed E-state index contributed by atoms with van der Waals surface area (Å²) in [6, 6.07) is 20.0. The van der Waals surface area contributed by atoms with E-state index < -0.39 is 0 Å². The average molecular weight is 279 g/mol. The Hall–Kier alpha value is -1.64. The first-order valence-electron chi connectivity index (χ1n) is 7.89. The molecule has 2 nitrogen and oxygen atoms in total. The molecule has 1 unspecified atom stereocenters. The number of rotatable bonds is 2. The number of fused-ring (bicyclic) bond motifs is 3. The van der Waals surface area contributed by atoms with Crippen molar-refractivity contribution in [3.8, 4) is 0 Å². The molecule has 0 amide bonds. The number of nitrogens with zero attached hydrogens (tertiary/aromatic N) is 1. The SMILES string of the molecule is CC[C@H]1CN2C(OC[C@H]2c2ccccc2)c2ccccc21. The Morgan fingerprint density at radius 3 is 2.48 bits per heavy atom. The van der Waals surface area contributed by atoms with Gasteiger partial charge in [0.05, 0.1) is 12.6 Å². The van der Waals surface area contributed by atoms with E-state index in [1.165, 1.54) is 23.1 Å². The second kappa shape index (κ2) is 5.28. The van der Waals surface area contributed by atoms with Crippen LogP contribution in [0.25, 0.3) is 0 Å². The van der Waals surface area contributed by atoms with Gasteiger partial charge in [-0.25, -0.2) is 0 Å². The van der Waals surface area contributed by atoms with Crippen molar-refractivity contribution in [1.82, 2.24) is 4.90 Å². The molecule has 0 spiro atoms. The zero-order chi connectivity index (χ0) is 14.2. The summed E-state index contributed by atoms with van der Waals surface area (Å²) in [5, 5.41) is 0. The van der Waals surface area contributed by atoms with E-state index in [-0.39, 0.29) is 6.23 Å². The molecular formula is C19H21NO. The summed E-state index contributed by atoms with van der Waals surface area (Å²) in [7, 11) is 0. The molecule has 0 aliphatic carbocycles. The van der Waals surface area contributed by atoms with E-state index in [1.54, 1.807) is 0 Å². The van der Waals surface area contributed by atoms with Crippen molar-refractivity contribution in [2.45, 2.75) is 31.5 Å². The van der Waals surface area contributed by atoms with Crippen LogP contribution in [0.15, 0.2) is 54.6 Å². The fraction of sp³-hybridized carbons (Fsp3) is 0.368. The maximum absolute atomic E-state index is 6.17. The summed E-state index contributed by atoms with van der Waals surface area (Å²) in [5.74, 6) is 0.616. The van der Waals surface area contributed by atoms with Crippen molar-refractivity contribution in [3.63, 3.8) is 0 Å². The molecular weight excluding hydrogens is 258 g/mol. The second-order valence-electron chi connectivity index (χ2n) is 6.04. The van der Waals surface area contributed by atoms with Crippen molar-refractivity contribution in [2.24, 2.45) is 0 Å². The molecule has 21 heavy (non-hydrogen) atoms. The van der Waals surface area contributed by atoms with Crippen LogP contribution in [0.3, 0.4) is 0 Å². The van der Waals surface area contributed by atoms with E-state index in [0.717, 1.165) is 13.2 Å². The van der Waals surface area contributed by atoms with Crippen molar-refractivity contribution in [1.29, 1.82) is 0 Å². The number of benzene rings is 2. The minimum atomic E-state index is 0.134. The molecule has 1 saturated heterocycles. The topological polar surface area (TPSA) is 12.5 Å². The third-order valence-electron chi connectivity index (χ3n) is 4.92. The van der Waals surface area contributed by atoms with Gasteiger partial charge in [0.15, 0.2) is 0 Å². The molecule has 0 bridgehead atoms. The summed E-state index contributed by atoms with van der Waals surface area (Å²) in [4.78, 5) is 2.55. The Bertz CT molecular complexity index is 624. The Labute approximate surface area is 126 Å². The molecule has 4 rings (SSSR count). The highest BCUT2D eigenvalue weighted by Crippen LogP contribution is 2.46. The van der Waals surface area contributed by atoms with Gasteiger partial charge in [0.1, 0.15) is 6.23 Å². The van der Waals surface area contributed by atoms with Gasteiger partial charge in [0, 0.05) is 6.54 Å². The molecule has 2 heterocycles. The lowest BCUT2D eigenvalue weighted by atomic mass is 9.86. The normalized spacial score (nSPS) is 28.1. The predicted octanol–water partition coefficient (Wildman–Crippen LogP) is 4.27. The molecule has 0 radical (unpaired) electrons. The molecule has 0 saturated carbocycles. The number of hydrogen-bond acceptors (Lipinski definition) is 2. The van der Waals surface area contributed by atoms with Gasteiger partial charge >= 0.3 is 0 Å². The van der Waals surface area contributed by atoms with Gasteiger partial charge in [0.2, 0.25) is 0 Å². The van der Waals surface area contributed by atoms with Crippen LogP contribution >= 0.6 is 0 Å². The minimum Gasteiger partial charge on any atom is -0.357 e. The van der Waals surface area contributed by atoms with Crippen LogP contribution in [0.5, 0.6) is 0 Å². The first-order chi connectivity index (χ1) is 10.4. The fourth-order valence-corrected chi connectivity index (χ4v) is 3.80. The maximum atomic E-state index is 6.17. The van der Waals surface area contributed by atoms with Crippen LogP contribution in [0.2, 0.25) is 0 Å². The van der Waals surface area contributed by atoms with Gasteiger partial charge in [-0.2, -0.15) is 0 Å². The molecule has 1 fully saturated rings. The lowest BCUT2D eigenvalue weighted by Gasteiger charge is -2.38. The van der Waals surface area contributed by atoms with Crippen molar-refractivity contribution < 1.29 is 4.74 Å². The second-order valence-corrected chi connectivity index (χ2v) is 6.04. The number of ether oxygens (including phenoxy) is 1. The Balaban J connectivity index is 1.73. The van der Waals surface area contributed by atoms with Crippen LogP contribution < -0.4 is 0 Å². The minimum absolute atomic E-state index is 0.134. The molecule has 2 aliphatic rings. The quantitative estimate of drug-likeness (QED) is 0.814. The molecule has 3 atom stereocenters. The molecule has 0 aromatic heterocycles. The van der Waals surface area contributed by atoms with Crippen molar-refractivity contribution in [2.75, 3.05) is 13.2 Å². The molecule has 0 N–H and O–H groups in total. The van der Waals surface area contributed by atoms with Crippen molar-refractivity contribution in [3.05, 3.63) is 71.3 Å². The van der Waals surface area contributed by atoms with Gasteiger partial charge < -0.3 is 4.74 Å². The lowest BCUT2D eigenvalue weighted by Crippen LogP contribution is -2.36. The molecule has 2 aliphatic heterocycles. The van der Waals surface area contributed by atoms with Gasteiger partial charge in [-0.05, 0) is 29.0 Å². The number of hydrogen-bond donors (Lipinski definition) is 0. The predicted molar refractivity (Wildman–Crippen MR) is 84.1 cm³/mol. The van der Waals surface area contributed by atoms with Gasteiger partial charge in [0.25, 0.3) is 0 Å². The standard InChI is InChI=1S/C19H21NO/c1-2-14-12-20-18(15-8-4-3-5-9-15)13-21-19(20)17-11-7-6-10-16(14)17/h3-11,14,18-19H,2,12-13H2,1H3/t14-,18-,19?/m0/s1. The fourth-order valence-electron chi connectivity index (χ4n) is 3.80. The van der Waals surface area contributed by atoms with E-state index in [9.17, 15) is 0 Å². The van der Waals surface area contributed by atoms with E-state index in [4.69, 9.17) is 4.74 Å². The Morgan fingerprint density at radius 1 is 1.00 bits per heavy atom. The monoisotopic (exact) mass is 279 g/mol. The van der Waals surface area contributed by atoms with Gasteiger partial charge in [-0.1, -0.05) is 61.5 Å². The maximum Gasteiger partial charge on any atom is 0.137 e. The summed E-state index contributed by atoms with van der Waals surface area (Å²) in [6.07, 6.45) is 1.32. The third-order valence-corrected chi connectivity index (χ3v) is 4.92. The van der Waals surface area contributed by atoms with Crippen LogP contribution in [-0.2, 0) is 4.74 Å². The summed E-state index contributed by atoms with van der Waals surface area (Å²) in [5.41, 5.74) is 4.22. The van der Waals surface area contributed by atoms with Crippen LogP contribution in [-0.4, -0.2) is 18.1 Å². The van der Waals surface area contributed by atoms with E-state index in [2.05, 4.69) is 66.4 Å². The Kier molecular flexibility index (Phi) is 3.28. The van der Waals surface area contributed by atoms with Gasteiger partial charge in [-0.3, -0.25) is 4.90 Å². The highest BCUT2D eigenvalue weighted by atomic mass is 16.5. The largest absolute Gasteiger partial charge is 0.357 e. The van der Waals surface area contributed by atoms with E-state index >= 15 is 0 Å². The van der Waals surface area contributed by atoms with E-state index in [1.807, 2.05) is 0 Å². The molecule has 2 aromatic rings. The van der Waals surface area contributed by atoms with Gasteiger partial charge in [-0.15, -0.1) is 0 Å². The lowest BCUT2D eigenvalue weighted by molar-refractivity contribution is 0.0153. The van der Waals surface area contributed by atoms with Crippen molar-refractivity contribution >= 4 is 0 Å². The summed E-state index contributed by atoms with van der Waals surface area (Å²) >= 11 is 0. The molecule has 108 valence electrons. The zero-order valence-corrected chi connectivity index (χ0v) is 12.4. The third kappa shape index (κ3) is 2.10. The molecule has 2 heteroatoms. The highest BCUT2D eigenvalue weighted by Gasteiger charge is 2.41. The van der Waals surface area contributed by atoms with Crippen LogP contribution in [0, 0.1) is 0 Å².